The SMILES string of the molecule is CC(C)c1nc(COC(N)=O)n(CCOC(N)=O)c1S(=O)(=O)c1cc(Cl)cc(Cl)c1. The molecule has 164 valence electrons. The van der Waals surface area contributed by atoms with Gasteiger partial charge in [-0.2, -0.15) is 0 Å². The van der Waals surface area contributed by atoms with E-state index in [2.05, 4.69) is 4.98 Å². The Morgan fingerprint density at radius 1 is 1.10 bits per heavy atom. The Balaban J connectivity index is 2.69. The number of imidazole rings is 1. The lowest BCUT2D eigenvalue weighted by atomic mass is 10.1. The molecule has 0 fully saturated rings. The van der Waals surface area contributed by atoms with E-state index in [1.165, 1.54) is 22.8 Å². The zero-order chi connectivity index (χ0) is 22.6. The van der Waals surface area contributed by atoms with Crippen LogP contribution in [0.15, 0.2) is 28.1 Å². The predicted octanol–water partition coefficient (Wildman–Crippen LogP) is 2.84. The van der Waals surface area contributed by atoms with Gasteiger partial charge in [0.2, 0.25) is 9.84 Å². The van der Waals surface area contributed by atoms with Gasteiger partial charge in [-0.3, -0.25) is 0 Å². The van der Waals surface area contributed by atoms with Crippen LogP contribution in [-0.4, -0.2) is 36.8 Å². The Kier molecular flexibility index (Phi) is 7.56. The molecule has 1 aromatic heterocycles. The normalized spacial score (nSPS) is 11.5. The van der Waals surface area contributed by atoms with Gasteiger partial charge in [-0.05, 0) is 24.1 Å². The number of amides is 2. The van der Waals surface area contributed by atoms with Crippen molar-refractivity contribution in [2.24, 2.45) is 11.5 Å². The van der Waals surface area contributed by atoms with E-state index in [0.717, 1.165) is 0 Å². The van der Waals surface area contributed by atoms with Crippen molar-refractivity contribution in [3.05, 3.63) is 39.8 Å². The molecule has 0 aliphatic heterocycles. The second-order valence-corrected chi connectivity index (χ2v) is 9.15. The lowest BCUT2D eigenvalue weighted by Crippen LogP contribution is -2.21. The Morgan fingerprint density at radius 3 is 2.17 bits per heavy atom. The molecule has 2 amide bonds. The van der Waals surface area contributed by atoms with Gasteiger partial charge >= 0.3 is 12.2 Å². The summed E-state index contributed by atoms with van der Waals surface area (Å²) < 4.78 is 37.8. The molecule has 0 aliphatic rings. The van der Waals surface area contributed by atoms with Crippen LogP contribution in [0.2, 0.25) is 10.0 Å². The Hall–Kier alpha value is -2.50. The molecule has 30 heavy (non-hydrogen) atoms. The minimum atomic E-state index is -4.17. The second kappa shape index (κ2) is 9.54. The van der Waals surface area contributed by atoms with Gasteiger partial charge in [-0.15, -0.1) is 0 Å². The third-order valence-electron chi connectivity index (χ3n) is 3.88. The first-order valence-corrected chi connectivity index (χ1v) is 10.8. The van der Waals surface area contributed by atoms with Crippen LogP contribution in [0.4, 0.5) is 9.59 Å². The molecule has 0 saturated carbocycles. The van der Waals surface area contributed by atoms with Gasteiger partial charge in [-0.25, -0.2) is 23.0 Å². The number of nitrogens with zero attached hydrogens (tertiary/aromatic N) is 2. The van der Waals surface area contributed by atoms with Crippen LogP contribution < -0.4 is 11.5 Å². The zero-order valence-electron chi connectivity index (χ0n) is 16.1. The average molecular weight is 479 g/mol. The lowest BCUT2D eigenvalue weighted by molar-refractivity contribution is 0.140. The summed E-state index contributed by atoms with van der Waals surface area (Å²) in [5.41, 5.74) is 10.2. The molecule has 4 N–H and O–H groups in total. The summed E-state index contributed by atoms with van der Waals surface area (Å²) in [6, 6.07) is 3.91. The van der Waals surface area contributed by atoms with Gasteiger partial charge in [0.25, 0.3) is 0 Å². The highest BCUT2D eigenvalue weighted by molar-refractivity contribution is 7.91. The summed E-state index contributed by atoms with van der Waals surface area (Å²) in [4.78, 5) is 26.1. The van der Waals surface area contributed by atoms with Crippen LogP contribution in [0.25, 0.3) is 0 Å². The number of hydrogen-bond acceptors (Lipinski definition) is 7. The zero-order valence-corrected chi connectivity index (χ0v) is 18.4. The number of halogens is 2. The maximum atomic E-state index is 13.5. The highest BCUT2D eigenvalue weighted by Gasteiger charge is 2.31. The molecule has 2 aromatic rings. The highest BCUT2D eigenvalue weighted by Crippen LogP contribution is 2.32. The van der Waals surface area contributed by atoms with Crippen molar-refractivity contribution in [2.45, 2.75) is 42.8 Å². The Labute approximate surface area is 183 Å². The van der Waals surface area contributed by atoms with Crippen molar-refractivity contribution in [2.75, 3.05) is 6.61 Å². The number of aromatic nitrogens is 2. The highest BCUT2D eigenvalue weighted by atomic mass is 35.5. The van der Waals surface area contributed by atoms with Crippen molar-refractivity contribution >= 4 is 45.2 Å². The van der Waals surface area contributed by atoms with Crippen molar-refractivity contribution in [1.29, 1.82) is 0 Å². The van der Waals surface area contributed by atoms with Crippen molar-refractivity contribution in [3.63, 3.8) is 0 Å². The molecule has 0 spiro atoms. The van der Waals surface area contributed by atoms with E-state index in [-0.39, 0.29) is 50.6 Å². The molecule has 0 saturated heterocycles. The van der Waals surface area contributed by atoms with Gasteiger partial charge < -0.3 is 25.5 Å². The Bertz CT molecular complexity index is 1050. The number of ether oxygens (including phenoxy) is 2. The topological polar surface area (TPSA) is 157 Å². The van der Waals surface area contributed by atoms with Crippen LogP contribution in [0.3, 0.4) is 0 Å². The first-order chi connectivity index (χ1) is 13.9. The minimum absolute atomic E-state index is 0.0947. The van der Waals surface area contributed by atoms with Crippen LogP contribution >= 0.6 is 23.2 Å². The van der Waals surface area contributed by atoms with Gasteiger partial charge in [0.1, 0.15) is 12.4 Å². The molecule has 1 heterocycles. The molecule has 1 aromatic carbocycles. The third-order valence-corrected chi connectivity index (χ3v) is 6.11. The first kappa shape index (κ1) is 23.8. The van der Waals surface area contributed by atoms with Crippen LogP contribution in [0, 0.1) is 0 Å². The number of rotatable bonds is 8. The van der Waals surface area contributed by atoms with E-state index in [4.69, 9.17) is 44.1 Å². The number of nitrogens with two attached hydrogens (primary N) is 2. The van der Waals surface area contributed by atoms with E-state index in [9.17, 15) is 18.0 Å². The number of carbonyl (C=O) groups is 2. The smallest absolute Gasteiger partial charge is 0.404 e. The largest absolute Gasteiger partial charge is 0.448 e. The van der Waals surface area contributed by atoms with Crippen molar-refractivity contribution in [1.82, 2.24) is 9.55 Å². The summed E-state index contributed by atoms with van der Waals surface area (Å²) in [5.74, 6) is -0.229. The van der Waals surface area contributed by atoms with Crippen LogP contribution in [0.1, 0.15) is 31.3 Å². The maximum Gasteiger partial charge on any atom is 0.404 e. The Morgan fingerprint density at radius 2 is 1.67 bits per heavy atom. The third kappa shape index (κ3) is 5.55. The number of hydrogen-bond donors (Lipinski definition) is 2. The fraction of sp³-hybridized carbons (Fsp3) is 0.353. The van der Waals surface area contributed by atoms with Crippen molar-refractivity contribution < 1.29 is 27.5 Å². The molecule has 0 atom stereocenters. The number of benzene rings is 1. The molecule has 0 aliphatic carbocycles. The molecular weight excluding hydrogens is 459 g/mol. The maximum absolute atomic E-state index is 13.5. The summed E-state index contributed by atoms with van der Waals surface area (Å²) >= 11 is 12.0. The number of primary amides is 2. The van der Waals surface area contributed by atoms with E-state index in [1.807, 2.05) is 0 Å². The molecule has 13 heteroatoms. The number of carbonyl (C=O) groups excluding carboxylic acids is 2. The summed E-state index contributed by atoms with van der Waals surface area (Å²) in [7, 11) is -4.17. The van der Waals surface area contributed by atoms with Gasteiger partial charge in [0.15, 0.2) is 11.6 Å². The average Bonchev–Trinajstić information content (AvgIpc) is 2.98. The quantitative estimate of drug-likeness (QED) is 0.589. The van der Waals surface area contributed by atoms with E-state index < -0.39 is 28.6 Å². The standard InChI is InChI=1S/C17H20Cl2N4O6S/c1-9(2)14-15(30(26,27)12-6-10(18)5-11(19)7-12)23(3-4-28-16(20)24)13(22-14)8-29-17(21)25/h5-7,9H,3-4,8H2,1-2H3,(H2,20,24)(H2,21,25). The summed E-state index contributed by atoms with van der Waals surface area (Å²) in [6.07, 6.45) is -2.09. The molecule has 0 radical (unpaired) electrons. The van der Waals surface area contributed by atoms with E-state index in [0.29, 0.717) is 0 Å². The lowest BCUT2D eigenvalue weighted by Gasteiger charge is -2.14. The predicted molar refractivity (Wildman–Crippen MR) is 108 cm³/mol. The molecule has 10 nitrogen and oxygen atoms in total. The van der Waals surface area contributed by atoms with Gasteiger partial charge in [-0.1, -0.05) is 37.0 Å². The van der Waals surface area contributed by atoms with Gasteiger partial charge in [0, 0.05) is 10.0 Å². The first-order valence-electron chi connectivity index (χ1n) is 8.58. The molecule has 2 rings (SSSR count). The number of sulfone groups is 1. The van der Waals surface area contributed by atoms with Crippen LogP contribution in [-0.2, 0) is 32.5 Å². The van der Waals surface area contributed by atoms with E-state index in [1.54, 1.807) is 13.8 Å². The summed E-state index contributed by atoms with van der Waals surface area (Å²) in [6.45, 7) is 2.73. The molecule has 0 bridgehead atoms. The molecule has 0 unspecified atom stereocenters. The summed E-state index contributed by atoms with van der Waals surface area (Å²) in [5, 5.41) is 0.0899. The van der Waals surface area contributed by atoms with E-state index >= 15 is 0 Å². The second-order valence-electron chi connectivity index (χ2n) is 6.41. The fourth-order valence-electron chi connectivity index (χ4n) is 2.67. The minimum Gasteiger partial charge on any atom is -0.448 e. The van der Waals surface area contributed by atoms with Crippen LogP contribution in [0.5, 0.6) is 0 Å². The van der Waals surface area contributed by atoms with Crippen molar-refractivity contribution in [3.8, 4) is 0 Å². The van der Waals surface area contributed by atoms with Gasteiger partial charge in [0.05, 0.1) is 17.1 Å². The monoisotopic (exact) mass is 478 g/mol. The molecular formula is C17H20Cl2N4O6S. The fourth-order valence-corrected chi connectivity index (χ4v) is 5.16.